The second kappa shape index (κ2) is 6.85. The zero-order chi connectivity index (χ0) is 13.7. The lowest BCUT2D eigenvalue weighted by Crippen LogP contribution is -2.16. The van der Waals surface area contributed by atoms with Crippen molar-refractivity contribution in [3.63, 3.8) is 0 Å². The number of benzene rings is 1. The maximum absolute atomic E-state index is 11.8. The second-order valence-corrected chi connectivity index (χ2v) is 5.86. The van der Waals surface area contributed by atoms with E-state index in [0.717, 1.165) is 17.3 Å². The molecule has 0 bridgehead atoms. The van der Waals surface area contributed by atoms with E-state index in [0.29, 0.717) is 17.9 Å². The van der Waals surface area contributed by atoms with E-state index in [1.807, 2.05) is 0 Å². The molecule has 2 rings (SSSR count). The number of ketones is 1. The van der Waals surface area contributed by atoms with Gasteiger partial charge < -0.3 is 4.74 Å². The number of esters is 1. The number of hydrogen-bond acceptors (Lipinski definition) is 3. The van der Waals surface area contributed by atoms with Crippen LogP contribution in [0.2, 0.25) is 0 Å². The second-order valence-electron chi connectivity index (χ2n) is 4.95. The van der Waals surface area contributed by atoms with E-state index in [1.165, 1.54) is 12.8 Å². The van der Waals surface area contributed by atoms with Gasteiger partial charge in [0.25, 0.3) is 0 Å². The summed E-state index contributed by atoms with van der Waals surface area (Å²) in [5, 5.41) is 0. The third-order valence-corrected chi connectivity index (χ3v) is 3.99. The number of rotatable bonds is 5. The summed E-state index contributed by atoms with van der Waals surface area (Å²) in [4.78, 5) is 23.4. The van der Waals surface area contributed by atoms with E-state index in [9.17, 15) is 9.59 Å². The fourth-order valence-electron chi connectivity index (χ4n) is 2.37. The van der Waals surface area contributed by atoms with Gasteiger partial charge in [-0.2, -0.15) is 0 Å². The Morgan fingerprint density at radius 2 is 1.79 bits per heavy atom. The van der Waals surface area contributed by atoms with Crippen LogP contribution in [-0.4, -0.2) is 18.4 Å². The van der Waals surface area contributed by atoms with Gasteiger partial charge in [-0.25, -0.2) is 0 Å². The molecule has 0 heterocycles. The molecule has 102 valence electrons. The predicted octanol–water partition coefficient (Wildman–Crippen LogP) is 3.76. The normalized spacial score (nSPS) is 15.4. The Morgan fingerprint density at radius 3 is 2.42 bits per heavy atom. The van der Waals surface area contributed by atoms with Gasteiger partial charge in [0.15, 0.2) is 12.4 Å². The highest BCUT2D eigenvalue weighted by molar-refractivity contribution is 9.10. The van der Waals surface area contributed by atoms with Crippen molar-refractivity contribution in [1.29, 1.82) is 0 Å². The van der Waals surface area contributed by atoms with Crippen LogP contribution in [0, 0.1) is 5.92 Å². The third kappa shape index (κ3) is 4.46. The van der Waals surface area contributed by atoms with Gasteiger partial charge >= 0.3 is 5.97 Å². The molecule has 0 atom stereocenters. The molecule has 3 nitrogen and oxygen atoms in total. The van der Waals surface area contributed by atoms with Crippen molar-refractivity contribution in [2.24, 2.45) is 5.92 Å². The Hall–Kier alpha value is -1.16. The van der Waals surface area contributed by atoms with Gasteiger partial charge in [-0.15, -0.1) is 0 Å². The molecule has 1 aliphatic rings. The van der Waals surface area contributed by atoms with E-state index in [2.05, 4.69) is 15.9 Å². The van der Waals surface area contributed by atoms with Crippen LogP contribution >= 0.6 is 15.9 Å². The maximum Gasteiger partial charge on any atom is 0.306 e. The van der Waals surface area contributed by atoms with Crippen molar-refractivity contribution in [2.75, 3.05) is 6.61 Å². The van der Waals surface area contributed by atoms with Crippen molar-refractivity contribution >= 4 is 27.7 Å². The van der Waals surface area contributed by atoms with E-state index in [1.54, 1.807) is 24.3 Å². The molecular formula is C15H17BrO3. The van der Waals surface area contributed by atoms with Crippen LogP contribution in [-0.2, 0) is 9.53 Å². The molecule has 1 aromatic carbocycles. The fraction of sp³-hybridized carbons (Fsp3) is 0.467. The monoisotopic (exact) mass is 324 g/mol. The average molecular weight is 325 g/mol. The zero-order valence-corrected chi connectivity index (χ0v) is 12.3. The van der Waals surface area contributed by atoms with Crippen LogP contribution in [0.25, 0.3) is 0 Å². The van der Waals surface area contributed by atoms with Crippen LogP contribution in [0.4, 0.5) is 0 Å². The smallest absolute Gasteiger partial charge is 0.306 e. The molecule has 4 heteroatoms. The number of carbonyl (C=O) groups excluding carboxylic acids is 2. The highest BCUT2D eigenvalue weighted by atomic mass is 79.9. The zero-order valence-electron chi connectivity index (χ0n) is 10.7. The summed E-state index contributed by atoms with van der Waals surface area (Å²) >= 11 is 3.31. The lowest BCUT2D eigenvalue weighted by Gasteiger charge is -2.08. The summed E-state index contributed by atoms with van der Waals surface area (Å²) in [7, 11) is 0. The summed E-state index contributed by atoms with van der Waals surface area (Å²) in [5.74, 6) is 0.0416. The Balaban J connectivity index is 1.76. The molecule has 0 saturated heterocycles. The highest BCUT2D eigenvalue weighted by Crippen LogP contribution is 2.27. The predicted molar refractivity (Wildman–Crippen MR) is 76.0 cm³/mol. The van der Waals surface area contributed by atoms with Crippen molar-refractivity contribution in [3.8, 4) is 0 Å². The molecule has 0 unspecified atom stereocenters. The Kier molecular flexibility index (Phi) is 5.14. The van der Waals surface area contributed by atoms with Gasteiger partial charge in [0, 0.05) is 16.5 Å². The Bertz CT molecular complexity index is 447. The van der Waals surface area contributed by atoms with Crippen LogP contribution in [0.5, 0.6) is 0 Å². The molecule has 0 aliphatic heterocycles. The minimum Gasteiger partial charge on any atom is -0.457 e. The van der Waals surface area contributed by atoms with E-state index < -0.39 is 0 Å². The largest absolute Gasteiger partial charge is 0.457 e. The molecule has 0 N–H and O–H groups in total. The van der Waals surface area contributed by atoms with Crippen molar-refractivity contribution < 1.29 is 14.3 Å². The summed E-state index contributed by atoms with van der Waals surface area (Å²) in [6.07, 6.45) is 5.07. The molecule has 1 aromatic rings. The van der Waals surface area contributed by atoms with Crippen LogP contribution in [0.3, 0.4) is 0 Å². The SMILES string of the molecule is O=C(CC1CCCC1)OCC(=O)c1ccc(Br)cc1. The molecular weight excluding hydrogens is 308 g/mol. The van der Waals surface area contributed by atoms with Gasteiger partial charge in [-0.3, -0.25) is 9.59 Å². The molecule has 0 aromatic heterocycles. The fourth-order valence-corrected chi connectivity index (χ4v) is 2.64. The van der Waals surface area contributed by atoms with Crippen LogP contribution in [0.1, 0.15) is 42.5 Å². The standard InChI is InChI=1S/C15H17BrO3/c16-13-7-5-12(6-8-13)14(17)10-19-15(18)9-11-3-1-2-4-11/h5-8,11H,1-4,9-10H2. The molecule has 0 radical (unpaired) electrons. The average Bonchev–Trinajstić information content (AvgIpc) is 2.89. The van der Waals surface area contributed by atoms with E-state index in [4.69, 9.17) is 4.74 Å². The Labute approximate surface area is 121 Å². The van der Waals surface area contributed by atoms with Gasteiger partial charge in [0.2, 0.25) is 0 Å². The molecule has 1 fully saturated rings. The summed E-state index contributed by atoms with van der Waals surface area (Å²) in [5.41, 5.74) is 0.567. The van der Waals surface area contributed by atoms with Crippen molar-refractivity contribution in [2.45, 2.75) is 32.1 Å². The van der Waals surface area contributed by atoms with E-state index in [-0.39, 0.29) is 18.4 Å². The molecule has 19 heavy (non-hydrogen) atoms. The summed E-state index contributed by atoms with van der Waals surface area (Å²) in [6, 6.07) is 7.04. The number of hydrogen-bond donors (Lipinski definition) is 0. The molecule has 0 spiro atoms. The number of Topliss-reactive ketones (excluding diaryl/α,β-unsaturated/α-hetero) is 1. The lowest BCUT2D eigenvalue weighted by molar-refractivity contribution is -0.143. The summed E-state index contributed by atoms with van der Waals surface area (Å²) in [6.45, 7) is -0.160. The third-order valence-electron chi connectivity index (χ3n) is 3.46. The quantitative estimate of drug-likeness (QED) is 0.612. The first-order chi connectivity index (χ1) is 9.15. The van der Waals surface area contributed by atoms with Crippen molar-refractivity contribution in [1.82, 2.24) is 0 Å². The minimum absolute atomic E-state index is 0.160. The van der Waals surface area contributed by atoms with Crippen LogP contribution < -0.4 is 0 Å². The minimum atomic E-state index is -0.252. The first-order valence-electron chi connectivity index (χ1n) is 6.59. The number of ether oxygens (including phenoxy) is 1. The Morgan fingerprint density at radius 1 is 1.16 bits per heavy atom. The highest BCUT2D eigenvalue weighted by Gasteiger charge is 2.19. The van der Waals surface area contributed by atoms with Gasteiger partial charge in [-0.05, 0) is 30.9 Å². The van der Waals surface area contributed by atoms with E-state index >= 15 is 0 Å². The number of carbonyl (C=O) groups is 2. The molecule has 1 saturated carbocycles. The van der Waals surface area contributed by atoms with Gasteiger partial charge in [0.1, 0.15) is 0 Å². The van der Waals surface area contributed by atoms with Crippen molar-refractivity contribution in [3.05, 3.63) is 34.3 Å². The molecule has 1 aliphatic carbocycles. The number of halogens is 1. The van der Waals surface area contributed by atoms with Crippen LogP contribution in [0.15, 0.2) is 28.7 Å². The van der Waals surface area contributed by atoms with Gasteiger partial charge in [-0.1, -0.05) is 40.9 Å². The first kappa shape index (κ1) is 14.3. The topological polar surface area (TPSA) is 43.4 Å². The summed E-state index contributed by atoms with van der Waals surface area (Å²) < 4.78 is 5.97. The molecule has 0 amide bonds. The maximum atomic E-state index is 11.8. The first-order valence-corrected chi connectivity index (χ1v) is 7.39. The van der Waals surface area contributed by atoms with Gasteiger partial charge in [0.05, 0.1) is 0 Å². The lowest BCUT2D eigenvalue weighted by atomic mass is 10.0.